The molecule has 0 radical (unpaired) electrons. The van der Waals surface area contributed by atoms with Gasteiger partial charge in [-0.2, -0.15) is 0 Å². The second-order valence-corrected chi connectivity index (χ2v) is 4.15. The molecule has 1 heterocycles. The molecule has 0 aliphatic rings. The van der Waals surface area contributed by atoms with E-state index in [0.29, 0.717) is 10.4 Å². The maximum atomic E-state index is 9.52. The molecule has 1 atom stereocenters. The first-order valence-corrected chi connectivity index (χ1v) is 5.36. The number of aliphatic hydroxyl groups is 1. The predicted molar refractivity (Wildman–Crippen MR) is 54.0 cm³/mol. The van der Waals surface area contributed by atoms with Crippen LogP contribution < -0.4 is 0 Å². The highest BCUT2D eigenvalue weighted by molar-refractivity contribution is 9.13. The van der Waals surface area contributed by atoms with Gasteiger partial charge in [-0.1, -0.05) is 13.3 Å². The Morgan fingerprint density at radius 1 is 1.58 bits per heavy atom. The van der Waals surface area contributed by atoms with Gasteiger partial charge in [0.15, 0.2) is 4.67 Å². The van der Waals surface area contributed by atoms with Crippen LogP contribution in [0.3, 0.4) is 0 Å². The first-order chi connectivity index (χ1) is 5.65. The van der Waals surface area contributed by atoms with Crippen LogP contribution in [0.25, 0.3) is 0 Å². The molecule has 1 aromatic heterocycles. The van der Waals surface area contributed by atoms with E-state index < -0.39 is 6.10 Å². The van der Waals surface area contributed by atoms with Crippen LogP contribution in [0.2, 0.25) is 0 Å². The summed E-state index contributed by atoms with van der Waals surface area (Å²) in [5.41, 5.74) is 0. The van der Waals surface area contributed by atoms with E-state index in [2.05, 4.69) is 31.9 Å². The highest BCUT2D eigenvalue weighted by Gasteiger charge is 2.13. The van der Waals surface area contributed by atoms with Crippen LogP contribution in [0.15, 0.2) is 19.6 Å². The summed E-state index contributed by atoms with van der Waals surface area (Å²) < 4.78 is 6.72. The van der Waals surface area contributed by atoms with E-state index in [0.717, 1.165) is 17.3 Å². The number of hydrogen-bond acceptors (Lipinski definition) is 2. The lowest BCUT2D eigenvalue weighted by Gasteiger charge is -2.03. The molecule has 0 bridgehead atoms. The maximum Gasteiger partial charge on any atom is 0.183 e. The maximum absolute atomic E-state index is 9.52. The molecule has 0 aliphatic carbocycles. The molecule has 0 aliphatic heterocycles. The minimum atomic E-state index is -0.488. The molecule has 1 N–H and O–H groups in total. The lowest BCUT2D eigenvalue weighted by Crippen LogP contribution is -1.93. The standard InChI is InChI=1S/C8H10Br2O2/c1-2-3-6(11)7-4-5(9)8(10)12-7/h4,6,11H,2-3H2,1H3. The van der Waals surface area contributed by atoms with Crippen molar-refractivity contribution >= 4 is 31.9 Å². The molecule has 1 aromatic rings. The van der Waals surface area contributed by atoms with Gasteiger partial charge in [0.25, 0.3) is 0 Å². The summed E-state index contributed by atoms with van der Waals surface area (Å²) in [5, 5.41) is 9.52. The van der Waals surface area contributed by atoms with Crippen molar-refractivity contribution < 1.29 is 9.52 Å². The number of hydrogen-bond donors (Lipinski definition) is 1. The molecule has 0 spiro atoms. The molecule has 1 unspecified atom stereocenters. The van der Waals surface area contributed by atoms with Crippen molar-refractivity contribution in [3.05, 3.63) is 21.0 Å². The lowest BCUT2D eigenvalue weighted by atomic mass is 10.2. The number of furan rings is 1. The second-order valence-electron chi connectivity index (χ2n) is 2.57. The fraction of sp³-hybridized carbons (Fsp3) is 0.500. The Morgan fingerprint density at radius 2 is 2.25 bits per heavy atom. The Balaban J connectivity index is 2.74. The molecule has 4 heteroatoms. The van der Waals surface area contributed by atoms with Crippen LogP contribution in [0.4, 0.5) is 0 Å². The summed E-state index contributed by atoms with van der Waals surface area (Å²) in [5.74, 6) is 0.607. The summed E-state index contributed by atoms with van der Waals surface area (Å²) in [6.07, 6.45) is 1.18. The van der Waals surface area contributed by atoms with E-state index in [-0.39, 0.29) is 0 Å². The van der Waals surface area contributed by atoms with Crippen molar-refractivity contribution in [2.24, 2.45) is 0 Å². The van der Waals surface area contributed by atoms with Crippen LogP contribution in [0, 0.1) is 0 Å². The first-order valence-electron chi connectivity index (χ1n) is 3.78. The van der Waals surface area contributed by atoms with Crippen LogP contribution in [0.1, 0.15) is 31.6 Å². The van der Waals surface area contributed by atoms with Crippen molar-refractivity contribution in [2.75, 3.05) is 0 Å². The summed E-state index contributed by atoms with van der Waals surface area (Å²) >= 11 is 6.49. The SMILES string of the molecule is CCCC(O)c1cc(Br)c(Br)o1. The van der Waals surface area contributed by atoms with Crippen LogP contribution in [-0.2, 0) is 0 Å². The number of halogens is 2. The predicted octanol–water partition coefficient (Wildman–Crippen LogP) is 3.64. The van der Waals surface area contributed by atoms with E-state index in [1.54, 1.807) is 6.07 Å². The quantitative estimate of drug-likeness (QED) is 0.924. The Labute approximate surface area is 88.2 Å². The molecular formula is C8H10Br2O2. The van der Waals surface area contributed by atoms with Crippen LogP contribution in [-0.4, -0.2) is 5.11 Å². The molecule has 1 rings (SSSR count). The molecule has 2 nitrogen and oxygen atoms in total. The van der Waals surface area contributed by atoms with Gasteiger partial charge in [0.1, 0.15) is 11.9 Å². The van der Waals surface area contributed by atoms with Crippen LogP contribution >= 0.6 is 31.9 Å². The van der Waals surface area contributed by atoms with Crippen LogP contribution in [0.5, 0.6) is 0 Å². The van der Waals surface area contributed by atoms with Crippen molar-refractivity contribution in [1.29, 1.82) is 0 Å². The van der Waals surface area contributed by atoms with Gasteiger partial charge in [-0.15, -0.1) is 0 Å². The Kier molecular flexibility index (Phi) is 3.80. The van der Waals surface area contributed by atoms with E-state index >= 15 is 0 Å². The Morgan fingerprint density at radius 3 is 2.67 bits per heavy atom. The third kappa shape index (κ3) is 2.34. The zero-order valence-corrected chi connectivity index (χ0v) is 9.85. The van der Waals surface area contributed by atoms with Gasteiger partial charge in [0.05, 0.1) is 4.47 Å². The normalized spacial score (nSPS) is 13.3. The zero-order chi connectivity index (χ0) is 9.14. The minimum absolute atomic E-state index is 0.488. The van der Waals surface area contributed by atoms with Gasteiger partial charge < -0.3 is 9.52 Å². The molecule has 0 saturated carbocycles. The highest BCUT2D eigenvalue weighted by Crippen LogP contribution is 2.31. The lowest BCUT2D eigenvalue weighted by molar-refractivity contribution is 0.138. The Hall–Kier alpha value is 0.200. The van der Waals surface area contributed by atoms with E-state index in [4.69, 9.17) is 4.42 Å². The van der Waals surface area contributed by atoms with Gasteiger partial charge >= 0.3 is 0 Å². The topological polar surface area (TPSA) is 33.4 Å². The number of aliphatic hydroxyl groups excluding tert-OH is 1. The largest absolute Gasteiger partial charge is 0.450 e. The van der Waals surface area contributed by atoms with Crippen molar-refractivity contribution in [1.82, 2.24) is 0 Å². The number of rotatable bonds is 3. The summed E-state index contributed by atoms with van der Waals surface area (Å²) in [6.45, 7) is 2.02. The third-order valence-corrected chi connectivity index (χ3v) is 3.26. The van der Waals surface area contributed by atoms with Gasteiger partial charge in [-0.25, -0.2) is 0 Å². The zero-order valence-electron chi connectivity index (χ0n) is 6.68. The molecule has 0 fully saturated rings. The fourth-order valence-corrected chi connectivity index (χ4v) is 1.55. The van der Waals surface area contributed by atoms with Gasteiger partial charge in [-0.05, 0) is 44.3 Å². The average molecular weight is 298 g/mol. The fourth-order valence-electron chi connectivity index (χ4n) is 0.943. The minimum Gasteiger partial charge on any atom is -0.450 e. The summed E-state index contributed by atoms with van der Waals surface area (Å²) in [7, 11) is 0. The molecule has 68 valence electrons. The smallest absolute Gasteiger partial charge is 0.183 e. The molecule has 0 amide bonds. The average Bonchev–Trinajstić information content (AvgIpc) is 2.33. The van der Waals surface area contributed by atoms with Gasteiger partial charge in [0.2, 0.25) is 0 Å². The third-order valence-electron chi connectivity index (χ3n) is 1.55. The van der Waals surface area contributed by atoms with Gasteiger partial charge in [-0.3, -0.25) is 0 Å². The summed E-state index contributed by atoms with van der Waals surface area (Å²) in [6, 6.07) is 1.78. The first kappa shape index (κ1) is 10.3. The van der Waals surface area contributed by atoms with E-state index in [1.165, 1.54) is 0 Å². The Bertz CT molecular complexity index is 238. The summed E-state index contributed by atoms with van der Waals surface area (Å²) in [4.78, 5) is 0. The molecular weight excluding hydrogens is 288 g/mol. The highest BCUT2D eigenvalue weighted by atomic mass is 79.9. The van der Waals surface area contributed by atoms with E-state index in [1.807, 2.05) is 6.92 Å². The monoisotopic (exact) mass is 296 g/mol. The molecule has 0 aromatic carbocycles. The van der Waals surface area contributed by atoms with Crippen molar-refractivity contribution in [2.45, 2.75) is 25.9 Å². The van der Waals surface area contributed by atoms with E-state index in [9.17, 15) is 5.11 Å². The molecule has 12 heavy (non-hydrogen) atoms. The second kappa shape index (κ2) is 4.44. The van der Waals surface area contributed by atoms with Crippen molar-refractivity contribution in [3.63, 3.8) is 0 Å². The molecule has 0 saturated heterocycles. The van der Waals surface area contributed by atoms with Crippen molar-refractivity contribution in [3.8, 4) is 0 Å². The van der Waals surface area contributed by atoms with Gasteiger partial charge in [0, 0.05) is 0 Å².